The van der Waals surface area contributed by atoms with Crippen LogP contribution in [-0.4, -0.2) is 7.05 Å². The van der Waals surface area contributed by atoms with Gasteiger partial charge in [-0.1, -0.05) is 49.1 Å². The van der Waals surface area contributed by atoms with Gasteiger partial charge >= 0.3 is 0 Å². The molecule has 0 bridgehead atoms. The van der Waals surface area contributed by atoms with Gasteiger partial charge in [0.05, 0.1) is 0 Å². The average molecular weight is 199 g/mol. The average Bonchev–Trinajstić information content (AvgIpc) is 2.27. The quantitative estimate of drug-likeness (QED) is 0.733. The first-order valence-corrected chi connectivity index (χ1v) is 5.00. The molecule has 0 aliphatic heterocycles. The van der Waals surface area contributed by atoms with Crippen molar-refractivity contribution in [2.24, 2.45) is 0 Å². The second-order valence-corrected chi connectivity index (χ2v) is 3.40. The van der Waals surface area contributed by atoms with Crippen molar-refractivity contribution in [2.75, 3.05) is 7.05 Å². The fourth-order valence-corrected chi connectivity index (χ4v) is 1.26. The Morgan fingerprint density at radius 2 is 1.87 bits per heavy atom. The van der Waals surface area contributed by atoms with Crippen molar-refractivity contribution < 1.29 is 0 Å². The predicted octanol–water partition coefficient (Wildman–Crippen LogP) is 3.38. The highest BCUT2D eigenvalue weighted by Gasteiger charge is 1.91. The van der Waals surface area contributed by atoms with Crippen LogP contribution in [0.25, 0.3) is 5.57 Å². The molecule has 0 atom stereocenters. The monoisotopic (exact) mass is 199 g/mol. The molecule has 0 aromatic heterocycles. The van der Waals surface area contributed by atoms with E-state index in [0.717, 1.165) is 11.1 Å². The number of rotatable bonds is 4. The van der Waals surface area contributed by atoms with Crippen LogP contribution in [0.3, 0.4) is 0 Å². The third-order valence-electron chi connectivity index (χ3n) is 2.06. The van der Waals surface area contributed by atoms with Crippen molar-refractivity contribution >= 4 is 5.57 Å². The zero-order chi connectivity index (χ0) is 11.1. The van der Waals surface area contributed by atoms with E-state index in [2.05, 4.69) is 24.0 Å². The molecule has 1 nitrogen and oxygen atoms in total. The van der Waals surface area contributed by atoms with Crippen molar-refractivity contribution in [1.29, 1.82) is 0 Å². The highest BCUT2D eigenvalue weighted by Crippen LogP contribution is 2.13. The van der Waals surface area contributed by atoms with Crippen molar-refractivity contribution in [3.8, 4) is 0 Å². The lowest BCUT2D eigenvalue weighted by molar-refractivity contribution is 1.08. The summed E-state index contributed by atoms with van der Waals surface area (Å²) in [5.74, 6) is 0. The van der Waals surface area contributed by atoms with E-state index in [9.17, 15) is 0 Å². The van der Waals surface area contributed by atoms with E-state index in [1.165, 1.54) is 5.57 Å². The first-order chi connectivity index (χ1) is 7.24. The Morgan fingerprint density at radius 3 is 2.47 bits per heavy atom. The summed E-state index contributed by atoms with van der Waals surface area (Å²) < 4.78 is 0. The molecule has 0 saturated carbocycles. The smallest absolute Gasteiger partial charge is 0.00277 e. The van der Waals surface area contributed by atoms with Gasteiger partial charge in [-0.05, 0) is 29.8 Å². The van der Waals surface area contributed by atoms with Gasteiger partial charge in [-0.15, -0.1) is 0 Å². The van der Waals surface area contributed by atoms with Crippen LogP contribution in [0.5, 0.6) is 0 Å². The minimum Gasteiger partial charge on any atom is -0.394 e. The topological polar surface area (TPSA) is 12.0 Å². The van der Waals surface area contributed by atoms with Gasteiger partial charge in [-0.25, -0.2) is 0 Å². The molecule has 0 spiro atoms. The minimum atomic E-state index is 1.03. The molecule has 0 unspecified atom stereocenters. The van der Waals surface area contributed by atoms with Crippen LogP contribution in [0.2, 0.25) is 0 Å². The molecule has 0 amide bonds. The van der Waals surface area contributed by atoms with Gasteiger partial charge in [0.15, 0.2) is 0 Å². The number of allylic oxidation sites excluding steroid dienone is 4. The van der Waals surface area contributed by atoms with Crippen molar-refractivity contribution in [3.05, 3.63) is 66.4 Å². The molecule has 0 fully saturated rings. The Hall–Kier alpha value is -1.76. The number of nitrogens with one attached hydrogen (secondary N) is 1. The largest absolute Gasteiger partial charge is 0.394 e. The highest BCUT2D eigenvalue weighted by molar-refractivity contribution is 5.72. The summed E-state index contributed by atoms with van der Waals surface area (Å²) >= 11 is 0. The summed E-state index contributed by atoms with van der Waals surface area (Å²) in [5, 5.41) is 2.99. The molecule has 0 heterocycles. The molecule has 0 saturated heterocycles. The van der Waals surface area contributed by atoms with E-state index >= 15 is 0 Å². The van der Waals surface area contributed by atoms with Gasteiger partial charge in [0.2, 0.25) is 0 Å². The highest BCUT2D eigenvalue weighted by atomic mass is 14.8. The number of hydrogen-bond acceptors (Lipinski definition) is 1. The van der Waals surface area contributed by atoms with Gasteiger partial charge < -0.3 is 5.32 Å². The summed E-state index contributed by atoms with van der Waals surface area (Å²) in [6.45, 7) is 6.07. The molecule has 1 N–H and O–H groups in total. The lowest BCUT2D eigenvalue weighted by atomic mass is 10.1. The normalized spacial score (nSPS) is 11.7. The number of hydrogen-bond donors (Lipinski definition) is 1. The van der Waals surface area contributed by atoms with Gasteiger partial charge in [0.25, 0.3) is 0 Å². The zero-order valence-electron chi connectivity index (χ0n) is 9.33. The third kappa shape index (κ3) is 3.86. The van der Waals surface area contributed by atoms with Gasteiger partial charge in [-0.3, -0.25) is 0 Å². The predicted molar refractivity (Wildman–Crippen MR) is 67.4 cm³/mol. The summed E-state index contributed by atoms with van der Waals surface area (Å²) in [4.78, 5) is 0. The van der Waals surface area contributed by atoms with Crippen molar-refractivity contribution in [2.45, 2.75) is 6.92 Å². The Morgan fingerprint density at radius 1 is 1.20 bits per heavy atom. The molecular formula is C14H17N. The summed E-state index contributed by atoms with van der Waals surface area (Å²) in [6.07, 6.45) is 6.03. The van der Waals surface area contributed by atoms with Crippen LogP contribution in [0.1, 0.15) is 12.5 Å². The fraction of sp³-hybridized carbons (Fsp3) is 0.143. The second-order valence-electron chi connectivity index (χ2n) is 3.40. The van der Waals surface area contributed by atoms with Crippen LogP contribution in [-0.2, 0) is 0 Å². The summed E-state index contributed by atoms with van der Waals surface area (Å²) in [6, 6.07) is 10.2. The molecule has 1 aromatic carbocycles. The Kier molecular flexibility index (Phi) is 4.42. The van der Waals surface area contributed by atoms with E-state index in [0.29, 0.717) is 0 Å². The maximum atomic E-state index is 4.02. The Balaban J connectivity index is 2.68. The summed E-state index contributed by atoms with van der Waals surface area (Å²) in [7, 11) is 1.89. The van der Waals surface area contributed by atoms with Crippen LogP contribution in [0, 0.1) is 0 Å². The van der Waals surface area contributed by atoms with Gasteiger partial charge in [0, 0.05) is 7.05 Å². The summed E-state index contributed by atoms with van der Waals surface area (Å²) in [5.41, 5.74) is 3.36. The van der Waals surface area contributed by atoms with Crippen LogP contribution in [0.15, 0.2) is 60.8 Å². The Bertz CT molecular complexity index is 372. The molecule has 78 valence electrons. The second kappa shape index (κ2) is 5.86. The Labute approximate surface area is 91.8 Å². The van der Waals surface area contributed by atoms with E-state index in [4.69, 9.17) is 0 Å². The van der Waals surface area contributed by atoms with Crippen LogP contribution >= 0.6 is 0 Å². The molecule has 0 aliphatic carbocycles. The fourth-order valence-electron chi connectivity index (χ4n) is 1.26. The maximum absolute atomic E-state index is 4.02. The molecular weight excluding hydrogens is 182 g/mol. The van der Waals surface area contributed by atoms with Gasteiger partial charge in [0.1, 0.15) is 0 Å². The molecule has 15 heavy (non-hydrogen) atoms. The minimum absolute atomic E-state index is 1.03. The van der Waals surface area contributed by atoms with E-state index < -0.39 is 0 Å². The zero-order valence-corrected chi connectivity index (χ0v) is 9.33. The van der Waals surface area contributed by atoms with Crippen molar-refractivity contribution in [1.82, 2.24) is 5.32 Å². The first kappa shape index (κ1) is 11.3. The van der Waals surface area contributed by atoms with Gasteiger partial charge in [-0.2, -0.15) is 0 Å². The van der Waals surface area contributed by atoms with Crippen LogP contribution in [0.4, 0.5) is 0 Å². The lowest BCUT2D eigenvalue weighted by Crippen LogP contribution is -1.92. The number of benzene rings is 1. The third-order valence-corrected chi connectivity index (χ3v) is 2.06. The standard InChI is InChI=1S/C14H17N/c1-12(11-15-3)9-10-13(2)14-7-5-4-6-8-14/h4-11,15H,2H2,1,3H3/b10-9-,12-11-. The SMILES string of the molecule is C=C(/C=C\C(C)=C/NC)c1ccccc1. The van der Waals surface area contributed by atoms with Crippen LogP contribution < -0.4 is 5.32 Å². The van der Waals surface area contributed by atoms with E-state index in [-0.39, 0.29) is 0 Å². The molecule has 0 aliphatic rings. The van der Waals surface area contributed by atoms with E-state index in [1.807, 2.05) is 50.5 Å². The maximum Gasteiger partial charge on any atom is 0.00277 e. The van der Waals surface area contributed by atoms with Crippen molar-refractivity contribution in [3.63, 3.8) is 0 Å². The lowest BCUT2D eigenvalue weighted by Gasteiger charge is -1.99. The molecule has 1 aromatic rings. The molecule has 0 radical (unpaired) electrons. The molecule has 1 rings (SSSR count). The first-order valence-electron chi connectivity index (χ1n) is 5.00. The molecule has 1 heteroatoms. The van der Waals surface area contributed by atoms with E-state index in [1.54, 1.807) is 0 Å².